The summed E-state index contributed by atoms with van der Waals surface area (Å²) in [6.45, 7) is 2.34. The van der Waals surface area contributed by atoms with Crippen LogP contribution in [0, 0.1) is 5.92 Å². The van der Waals surface area contributed by atoms with Crippen molar-refractivity contribution in [2.45, 2.75) is 25.3 Å². The van der Waals surface area contributed by atoms with Crippen LogP contribution >= 0.6 is 11.8 Å². The molecule has 0 radical (unpaired) electrons. The molecular formula is C10H18N2OS. The summed E-state index contributed by atoms with van der Waals surface area (Å²) in [7, 11) is 0. The van der Waals surface area contributed by atoms with Crippen LogP contribution in [0.4, 0.5) is 0 Å². The summed E-state index contributed by atoms with van der Waals surface area (Å²) in [5.74, 6) is 3.29. The monoisotopic (exact) mass is 214 g/mol. The second-order valence-corrected chi connectivity index (χ2v) is 5.34. The van der Waals surface area contributed by atoms with Crippen LogP contribution in [0.1, 0.15) is 19.3 Å². The van der Waals surface area contributed by atoms with Crippen molar-refractivity contribution in [3.63, 3.8) is 0 Å². The van der Waals surface area contributed by atoms with Gasteiger partial charge in [-0.1, -0.05) is 0 Å². The summed E-state index contributed by atoms with van der Waals surface area (Å²) in [4.78, 5) is 11.3. The molecule has 1 aliphatic carbocycles. The SMILES string of the molecule is O=C(CCSCC1CNC1)NC1CC1. The summed E-state index contributed by atoms with van der Waals surface area (Å²) < 4.78 is 0. The van der Waals surface area contributed by atoms with E-state index in [2.05, 4.69) is 10.6 Å². The fourth-order valence-electron chi connectivity index (χ4n) is 1.41. The molecule has 3 nitrogen and oxygen atoms in total. The zero-order valence-electron chi connectivity index (χ0n) is 8.42. The van der Waals surface area contributed by atoms with Crippen LogP contribution in [0.5, 0.6) is 0 Å². The van der Waals surface area contributed by atoms with Crippen molar-refractivity contribution >= 4 is 17.7 Å². The fourth-order valence-corrected chi connectivity index (χ4v) is 2.47. The van der Waals surface area contributed by atoms with E-state index < -0.39 is 0 Å². The lowest BCUT2D eigenvalue weighted by Crippen LogP contribution is -2.43. The first-order valence-electron chi connectivity index (χ1n) is 5.42. The quantitative estimate of drug-likeness (QED) is 0.637. The average Bonchev–Trinajstić information content (AvgIpc) is 2.84. The van der Waals surface area contributed by atoms with Gasteiger partial charge in [0.2, 0.25) is 5.91 Å². The van der Waals surface area contributed by atoms with Crippen LogP contribution in [0.3, 0.4) is 0 Å². The van der Waals surface area contributed by atoms with Gasteiger partial charge < -0.3 is 10.6 Å². The second kappa shape index (κ2) is 5.03. The minimum Gasteiger partial charge on any atom is -0.353 e. The molecule has 1 saturated heterocycles. The van der Waals surface area contributed by atoms with Gasteiger partial charge in [0.05, 0.1) is 0 Å². The molecule has 0 aromatic carbocycles. The molecule has 80 valence electrons. The lowest BCUT2D eigenvalue weighted by molar-refractivity contribution is -0.120. The van der Waals surface area contributed by atoms with Crippen LogP contribution in [0.2, 0.25) is 0 Å². The van der Waals surface area contributed by atoms with E-state index in [1.54, 1.807) is 0 Å². The first-order chi connectivity index (χ1) is 6.84. The largest absolute Gasteiger partial charge is 0.353 e. The van der Waals surface area contributed by atoms with Crippen molar-refractivity contribution in [3.8, 4) is 0 Å². The lowest BCUT2D eigenvalue weighted by Gasteiger charge is -2.26. The average molecular weight is 214 g/mol. The van der Waals surface area contributed by atoms with Gasteiger partial charge in [-0.3, -0.25) is 4.79 Å². The summed E-state index contributed by atoms with van der Waals surface area (Å²) in [6, 6.07) is 0.517. The molecule has 2 fully saturated rings. The third-order valence-electron chi connectivity index (χ3n) is 2.64. The van der Waals surface area contributed by atoms with Gasteiger partial charge in [0.15, 0.2) is 0 Å². The number of amides is 1. The summed E-state index contributed by atoms with van der Waals surface area (Å²) in [5, 5.41) is 6.26. The minimum atomic E-state index is 0.242. The molecular weight excluding hydrogens is 196 g/mol. The van der Waals surface area contributed by atoms with Gasteiger partial charge in [-0.25, -0.2) is 0 Å². The van der Waals surface area contributed by atoms with Gasteiger partial charge in [0, 0.05) is 18.2 Å². The van der Waals surface area contributed by atoms with Crippen molar-refractivity contribution in [2.24, 2.45) is 5.92 Å². The zero-order valence-corrected chi connectivity index (χ0v) is 9.24. The Hall–Kier alpha value is -0.220. The summed E-state index contributed by atoms with van der Waals surface area (Å²) >= 11 is 1.91. The van der Waals surface area contributed by atoms with Crippen LogP contribution in [-0.2, 0) is 4.79 Å². The summed E-state index contributed by atoms with van der Waals surface area (Å²) in [6.07, 6.45) is 3.07. The predicted octanol–water partition coefficient (Wildman–Crippen LogP) is 0.608. The van der Waals surface area contributed by atoms with Gasteiger partial charge in [-0.15, -0.1) is 0 Å². The molecule has 0 bridgehead atoms. The van der Waals surface area contributed by atoms with E-state index in [9.17, 15) is 4.79 Å². The van der Waals surface area contributed by atoms with Crippen LogP contribution in [-0.4, -0.2) is 36.5 Å². The van der Waals surface area contributed by atoms with Crippen LogP contribution < -0.4 is 10.6 Å². The van der Waals surface area contributed by atoms with Gasteiger partial charge >= 0.3 is 0 Å². The van der Waals surface area contributed by atoms with E-state index in [0.717, 1.165) is 11.7 Å². The predicted molar refractivity (Wildman–Crippen MR) is 59.5 cm³/mol. The highest BCUT2D eigenvalue weighted by Crippen LogP contribution is 2.19. The van der Waals surface area contributed by atoms with Crippen molar-refractivity contribution in [1.82, 2.24) is 10.6 Å². The summed E-state index contributed by atoms with van der Waals surface area (Å²) in [5.41, 5.74) is 0. The number of thioether (sulfide) groups is 1. The van der Waals surface area contributed by atoms with E-state index in [-0.39, 0.29) is 5.91 Å². The Morgan fingerprint density at radius 1 is 1.43 bits per heavy atom. The van der Waals surface area contributed by atoms with Crippen molar-refractivity contribution < 1.29 is 4.79 Å². The molecule has 14 heavy (non-hydrogen) atoms. The molecule has 2 N–H and O–H groups in total. The number of rotatable bonds is 6. The fraction of sp³-hybridized carbons (Fsp3) is 0.900. The van der Waals surface area contributed by atoms with Crippen molar-refractivity contribution in [3.05, 3.63) is 0 Å². The highest BCUT2D eigenvalue weighted by atomic mass is 32.2. The molecule has 0 aromatic rings. The number of hydrogen-bond donors (Lipinski definition) is 2. The maximum atomic E-state index is 11.3. The lowest BCUT2D eigenvalue weighted by atomic mass is 10.1. The van der Waals surface area contributed by atoms with E-state index in [4.69, 9.17) is 0 Å². The Morgan fingerprint density at radius 3 is 2.79 bits per heavy atom. The highest BCUT2D eigenvalue weighted by molar-refractivity contribution is 7.99. The molecule has 2 aliphatic rings. The maximum absolute atomic E-state index is 11.3. The standard InChI is InChI=1S/C10H18N2OS/c13-10(12-9-1-2-9)3-4-14-7-8-5-11-6-8/h8-9,11H,1-7H2,(H,12,13). The zero-order chi connectivity index (χ0) is 9.80. The van der Waals surface area contributed by atoms with E-state index >= 15 is 0 Å². The highest BCUT2D eigenvalue weighted by Gasteiger charge is 2.23. The third-order valence-corrected chi connectivity index (χ3v) is 3.84. The Labute approximate surface area is 89.4 Å². The normalized spacial score (nSPS) is 21.7. The molecule has 0 unspecified atom stereocenters. The molecule has 0 atom stereocenters. The molecule has 2 rings (SSSR count). The number of carbonyl (C=O) groups is 1. The van der Waals surface area contributed by atoms with Gasteiger partial charge in [-0.2, -0.15) is 11.8 Å². The van der Waals surface area contributed by atoms with Gasteiger partial charge in [0.1, 0.15) is 0 Å². The number of nitrogens with one attached hydrogen (secondary N) is 2. The Morgan fingerprint density at radius 2 is 2.21 bits per heavy atom. The van der Waals surface area contributed by atoms with E-state index in [0.29, 0.717) is 12.5 Å². The van der Waals surface area contributed by atoms with Crippen LogP contribution in [0.25, 0.3) is 0 Å². The van der Waals surface area contributed by atoms with E-state index in [1.807, 2.05) is 11.8 Å². The maximum Gasteiger partial charge on any atom is 0.221 e. The molecule has 1 heterocycles. The van der Waals surface area contributed by atoms with Gasteiger partial charge in [-0.05, 0) is 37.6 Å². The van der Waals surface area contributed by atoms with Gasteiger partial charge in [0.25, 0.3) is 0 Å². The Bertz CT molecular complexity index is 202. The molecule has 1 saturated carbocycles. The number of hydrogen-bond acceptors (Lipinski definition) is 3. The first kappa shape index (κ1) is 10.3. The van der Waals surface area contributed by atoms with Crippen LogP contribution in [0.15, 0.2) is 0 Å². The number of carbonyl (C=O) groups excluding carboxylic acids is 1. The minimum absolute atomic E-state index is 0.242. The molecule has 1 aliphatic heterocycles. The third kappa shape index (κ3) is 3.50. The topological polar surface area (TPSA) is 41.1 Å². The Balaban J connectivity index is 1.42. The molecule has 0 aromatic heterocycles. The second-order valence-electron chi connectivity index (χ2n) is 4.19. The first-order valence-corrected chi connectivity index (χ1v) is 6.58. The molecule has 4 heteroatoms. The smallest absolute Gasteiger partial charge is 0.221 e. The van der Waals surface area contributed by atoms with Crippen molar-refractivity contribution in [2.75, 3.05) is 24.6 Å². The van der Waals surface area contributed by atoms with Crippen molar-refractivity contribution in [1.29, 1.82) is 0 Å². The van der Waals surface area contributed by atoms with E-state index in [1.165, 1.54) is 31.7 Å². The molecule has 1 amide bonds. The molecule has 0 spiro atoms. The Kier molecular flexibility index (Phi) is 3.70.